The topological polar surface area (TPSA) is 30.5 Å². The number of methoxy groups -OCH3 is 1. The zero-order valence-electron chi connectivity index (χ0n) is 12.5. The highest BCUT2D eigenvalue weighted by molar-refractivity contribution is 5.43. The van der Waals surface area contributed by atoms with Crippen LogP contribution in [0, 0.1) is 5.82 Å². The van der Waals surface area contributed by atoms with E-state index >= 15 is 0 Å². The summed E-state index contributed by atoms with van der Waals surface area (Å²) in [5.74, 6) is 0.867. The highest BCUT2D eigenvalue weighted by atomic mass is 19.1. The third-order valence-corrected chi connectivity index (χ3v) is 3.00. The van der Waals surface area contributed by atoms with E-state index in [1.165, 1.54) is 6.07 Å². The summed E-state index contributed by atoms with van der Waals surface area (Å²) in [6.45, 7) is 4.73. The lowest BCUT2D eigenvalue weighted by atomic mass is 10.2. The molecule has 4 heteroatoms. The van der Waals surface area contributed by atoms with Gasteiger partial charge >= 0.3 is 0 Å². The van der Waals surface area contributed by atoms with E-state index < -0.39 is 0 Å². The molecule has 1 N–H and O–H groups in total. The van der Waals surface area contributed by atoms with Gasteiger partial charge in [0.1, 0.15) is 0 Å². The lowest BCUT2D eigenvalue weighted by Crippen LogP contribution is -2.21. The monoisotopic (exact) mass is 289 g/mol. The van der Waals surface area contributed by atoms with Gasteiger partial charge in [-0.3, -0.25) is 0 Å². The van der Waals surface area contributed by atoms with E-state index in [1.54, 1.807) is 25.3 Å². The van der Waals surface area contributed by atoms with E-state index in [4.69, 9.17) is 9.47 Å². The molecule has 0 amide bonds. The van der Waals surface area contributed by atoms with E-state index in [1.807, 2.05) is 18.2 Å². The maximum absolute atomic E-state index is 14.1. The first-order chi connectivity index (χ1) is 10.1. The number of ether oxygens (including phenoxy) is 2. The number of hydrogen-bond acceptors (Lipinski definition) is 3. The first-order valence-electron chi connectivity index (χ1n) is 6.93. The molecule has 2 aromatic rings. The number of nitrogens with one attached hydrogen (secondary N) is 1. The van der Waals surface area contributed by atoms with Crippen molar-refractivity contribution in [2.75, 3.05) is 7.11 Å². The van der Waals surface area contributed by atoms with Crippen molar-refractivity contribution in [1.82, 2.24) is 5.32 Å². The van der Waals surface area contributed by atoms with Crippen molar-refractivity contribution in [3.8, 4) is 17.2 Å². The maximum Gasteiger partial charge on any atom is 0.169 e. The summed E-state index contributed by atoms with van der Waals surface area (Å²) in [5, 5.41) is 3.25. The van der Waals surface area contributed by atoms with E-state index in [0.29, 0.717) is 24.1 Å². The van der Waals surface area contributed by atoms with Crippen LogP contribution >= 0.6 is 0 Å². The fourth-order valence-corrected chi connectivity index (χ4v) is 1.88. The van der Waals surface area contributed by atoms with E-state index in [0.717, 1.165) is 5.56 Å². The molecular weight excluding hydrogens is 269 g/mol. The predicted octanol–water partition coefficient (Wildman–Crippen LogP) is 4.12. The van der Waals surface area contributed by atoms with Crippen molar-refractivity contribution in [3.63, 3.8) is 0 Å². The molecule has 0 aliphatic rings. The largest absolute Gasteiger partial charge is 0.493 e. The maximum atomic E-state index is 14.1. The Bertz CT molecular complexity index is 599. The Labute approximate surface area is 124 Å². The van der Waals surface area contributed by atoms with Gasteiger partial charge in [-0.05, 0) is 29.8 Å². The van der Waals surface area contributed by atoms with Gasteiger partial charge in [0.05, 0.1) is 7.11 Å². The minimum absolute atomic E-state index is 0.188. The molecule has 0 radical (unpaired) electrons. The van der Waals surface area contributed by atoms with Crippen LogP contribution in [0.3, 0.4) is 0 Å². The SMILES string of the molecule is COc1ccccc1Oc1ccc(CNC(C)C)cc1F. The quantitative estimate of drug-likeness (QED) is 0.867. The molecule has 0 saturated heterocycles. The predicted molar refractivity (Wildman–Crippen MR) is 81.4 cm³/mol. The number of benzene rings is 2. The van der Waals surface area contributed by atoms with E-state index in [-0.39, 0.29) is 11.6 Å². The van der Waals surface area contributed by atoms with Gasteiger partial charge in [0.15, 0.2) is 23.1 Å². The molecule has 0 atom stereocenters. The van der Waals surface area contributed by atoms with Crippen LogP contribution in [0.2, 0.25) is 0 Å². The van der Waals surface area contributed by atoms with Crippen LogP contribution in [0.15, 0.2) is 42.5 Å². The van der Waals surface area contributed by atoms with Gasteiger partial charge in [-0.1, -0.05) is 32.0 Å². The normalized spacial score (nSPS) is 10.7. The lowest BCUT2D eigenvalue weighted by molar-refractivity contribution is 0.371. The number of halogens is 1. The minimum atomic E-state index is -0.385. The Morgan fingerprint density at radius 2 is 1.76 bits per heavy atom. The molecule has 0 heterocycles. The van der Waals surface area contributed by atoms with Gasteiger partial charge in [0, 0.05) is 12.6 Å². The van der Waals surface area contributed by atoms with Crippen molar-refractivity contribution < 1.29 is 13.9 Å². The van der Waals surface area contributed by atoms with Crippen molar-refractivity contribution in [2.45, 2.75) is 26.4 Å². The number of para-hydroxylation sites is 2. The van der Waals surface area contributed by atoms with Gasteiger partial charge in [-0.25, -0.2) is 4.39 Å². The van der Waals surface area contributed by atoms with Crippen molar-refractivity contribution >= 4 is 0 Å². The van der Waals surface area contributed by atoms with E-state index in [2.05, 4.69) is 19.2 Å². The molecule has 21 heavy (non-hydrogen) atoms. The summed E-state index contributed by atoms with van der Waals surface area (Å²) in [5.41, 5.74) is 0.883. The lowest BCUT2D eigenvalue weighted by Gasteiger charge is -2.12. The van der Waals surface area contributed by atoms with Crippen LogP contribution in [-0.4, -0.2) is 13.2 Å². The van der Waals surface area contributed by atoms with Crippen LogP contribution in [-0.2, 0) is 6.54 Å². The van der Waals surface area contributed by atoms with Gasteiger partial charge in [-0.2, -0.15) is 0 Å². The van der Waals surface area contributed by atoms with Crippen LogP contribution in [0.5, 0.6) is 17.2 Å². The highest BCUT2D eigenvalue weighted by Gasteiger charge is 2.09. The Morgan fingerprint density at radius 1 is 1.05 bits per heavy atom. The zero-order valence-corrected chi connectivity index (χ0v) is 12.5. The van der Waals surface area contributed by atoms with Gasteiger partial charge in [0.25, 0.3) is 0 Å². The first-order valence-corrected chi connectivity index (χ1v) is 6.93. The molecule has 0 saturated carbocycles. The molecule has 0 aliphatic carbocycles. The van der Waals surface area contributed by atoms with Gasteiger partial charge in [-0.15, -0.1) is 0 Å². The third kappa shape index (κ3) is 4.20. The zero-order chi connectivity index (χ0) is 15.2. The minimum Gasteiger partial charge on any atom is -0.493 e. The Morgan fingerprint density at radius 3 is 2.38 bits per heavy atom. The Balaban J connectivity index is 2.14. The van der Waals surface area contributed by atoms with Crippen LogP contribution in [0.25, 0.3) is 0 Å². The molecule has 112 valence electrons. The molecule has 0 bridgehead atoms. The molecule has 0 aromatic heterocycles. The highest BCUT2D eigenvalue weighted by Crippen LogP contribution is 2.32. The van der Waals surface area contributed by atoms with Crippen LogP contribution in [0.4, 0.5) is 4.39 Å². The molecule has 0 unspecified atom stereocenters. The second kappa shape index (κ2) is 7.09. The Kier molecular flexibility index (Phi) is 5.17. The molecule has 2 rings (SSSR count). The van der Waals surface area contributed by atoms with Crippen molar-refractivity contribution in [3.05, 3.63) is 53.8 Å². The standard InChI is InChI=1S/C17H20FNO2/c1-12(2)19-11-13-8-9-15(14(18)10-13)21-17-7-5-4-6-16(17)20-3/h4-10,12,19H,11H2,1-3H3. The second-order valence-electron chi connectivity index (χ2n) is 5.05. The van der Waals surface area contributed by atoms with Crippen LogP contribution < -0.4 is 14.8 Å². The summed E-state index contributed by atoms with van der Waals surface area (Å²) in [4.78, 5) is 0. The molecule has 3 nitrogen and oxygen atoms in total. The van der Waals surface area contributed by atoms with Crippen LogP contribution in [0.1, 0.15) is 19.4 Å². The fraction of sp³-hybridized carbons (Fsp3) is 0.294. The first kappa shape index (κ1) is 15.3. The van der Waals surface area contributed by atoms with Crippen molar-refractivity contribution in [1.29, 1.82) is 0 Å². The smallest absolute Gasteiger partial charge is 0.169 e. The second-order valence-corrected chi connectivity index (χ2v) is 5.05. The summed E-state index contributed by atoms with van der Waals surface area (Å²) in [6, 6.07) is 12.5. The fourth-order valence-electron chi connectivity index (χ4n) is 1.88. The molecule has 0 aliphatic heterocycles. The average molecular weight is 289 g/mol. The number of rotatable bonds is 6. The molecule has 0 fully saturated rings. The summed E-state index contributed by atoms with van der Waals surface area (Å²) in [6.07, 6.45) is 0. The Hall–Kier alpha value is -2.07. The third-order valence-electron chi connectivity index (χ3n) is 3.00. The molecule has 0 spiro atoms. The summed E-state index contributed by atoms with van der Waals surface area (Å²) in [7, 11) is 1.55. The average Bonchev–Trinajstić information content (AvgIpc) is 2.48. The summed E-state index contributed by atoms with van der Waals surface area (Å²) >= 11 is 0. The number of hydrogen-bond donors (Lipinski definition) is 1. The summed E-state index contributed by atoms with van der Waals surface area (Å²) < 4.78 is 24.9. The molecular formula is C17H20FNO2. The molecule has 2 aromatic carbocycles. The van der Waals surface area contributed by atoms with Crippen molar-refractivity contribution in [2.24, 2.45) is 0 Å². The van der Waals surface area contributed by atoms with Gasteiger partial charge < -0.3 is 14.8 Å². The van der Waals surface area contributed by atoms with Gasteiger partial charge in [0.2, 0.25) is 0 Å². The van der Waals surface area contributed by atoms with E-state index in [9.17, 15) is 4.39 Å².